The molecule has 0 bridgehead atoms. The molecule has 1 heterocycles. The van der Waals surface area contributed by atoms with Gasteiger partial charge < -0.3 is 5.32 Å². The zero-order valence-corrected chi connectivity index (χ0v) is 9.77. The first-order chi connectivity index (χ1) is 7.81. The van der Waals surface area contributed by atoms with E-state index in [0.717, 1.165) is 13.1 Å². The van der Waals surface area contributed by atoms with Gasteiger partial charge in [0, 0.05) is 12.7 Å². The molecule has 1 N–H and O–H groups in total. The van der Waals surface area contributed by atoms with Crippen LogP contribution in [0.15, 0.2) is 36.5 Å². The maximum Gasteiger partial charge on any atom is 0.0665 e. The zero-order valence-electron chi connectivity index (χ0n) is 9.77. The minimum Gasteiger partial charge on any atom is -0.314 e. The average molecular weight is 215 g/mol. The van der Waals surface area contributed by atoms with Gasteiger partial charge in [0.15, 0.2) is 0 Å². The lowest BCUT2D eigenvalue weighted by Gasteiger charge is -2.09. The molecule has 0 amide bonds. The molecule has 0 aliphatic heterocycles. The van der Waals surface area contributed by atoms with Gasteiger partial charge in [-0.1, -0.05) is 24.3 Å². The van der Waals surface area contributed by atoms with E-state index in [1.54, 1.807) is 0 Å². The quantitative estimate of drug-likeness (QED) is 0.845. The highest BCUT2D eigenvalue weighted by Crippen LogP contribution is 2.10. The number of hydrogen-bond acceptors (Lipinski definition) is 2. The van der Waals surface area contributed by atoms with Gasteiger partial charge in [-0.2, -0.15) is 5.10 Å². The molecule has 3 nitrogen and oxygen atoms in total. The van der Waals surface area contributed by atoms with Gasteiger partial charge in [-0.05, 0) is 31.2 Å². The fourth-order valence-corrected chi connectivity index (χ4v) is 1.78. The molecule has 0 aliphatic carbocycles. The van der Waals surface area contributed by atoms with Crippen LogP contribution >= 0.6 is 0 Å². The van der Waals surface area contributed by atoms with Crippen LogP contribution in [0.3, 0.4) is 0 Å². The van der Waals surface area contributed by atoms with Crippen molar-refractivity contribution in [3.8, 4) is 0 Å². The number of rotatable bonds is 4. The third-order valence-corrected chi connectivity index (χ3v) is 2.74. The van der Waals surface area contributed by atoms with Gasteiger partial charge in [0.1, 0.15) is 0 Å². The summed E-state index contributed by atoms with van der Waals surface area (Å²) in [5.41, 5.74) is 3.85. The van der Waals surface area contributed by atoms with Crippen molar-refractivity contribution in [2.75, 3.05) is 7.05 Å². The molecule has 3 heteroatoms. The first kappa shape index (κ1) is 10.9. The normalized spacial score (nSPS) is 10.6. The number of benzene rings is 1. The van der Waals surface area contributed by atoms with Crippen LogP contribution < -0.4 is 5.32 Å². The fraction of sp³-hybridized carbons (Fsp3) is 0.308. The number of nitrogens with zero attached hydrogens (tertiary/aromatic N) is 2. The maximum absolute atomic E-state index is 4.35. The Labute approximate surface area is 96.1 Å². The van der Waals surface area contributed by atoms with Crippen molar-refractivity contribution < 1.29 is 0 Å². The van der Waals surface area contributed by atoms with E-state index in [1.165, 1.54) is 16.8 Å². The van der Waals surface area contributed by atoms with E-state index < -0.39 is 0 Å². The molecular weight excluding hydrogens is 198 g/mol. The SMILES string of the molecule is CNCc1ccnn1Cc1ccccc1C. The van der Waals surface area contributed by atoms with Crippen LogP contribution in [0.5, 0.6) is 0 Å². The maximum atomic E-state index is 4.35. The predicted molar refractivity (Wildman–Crippen MR) is 65.3 cm³/mol. The summed E-state index contributed by atoms with van der Waals surface area (Å²) in [7, 11) is 1.95. The van der Waals surface area contributed by atoms with E-state index in [4.69, 9.17) is 0 Å². The van der Waals surface area contributed by atoms with Crippen LogP contribution in [0.1, 0.15) is 16.8 Å². The Hall–Kier alpha value is -1.61. The number of aromatic nitrogens is 2. The lowest BCUT2D eigenvalue weighted by atomic mass is 10.1. The molecule has 1 aromatic carbocycles. The Bertz CT molecular complexity index is 460. The summed E-state index contributed by atoms with van der Waals surface area (Å²) in [4.78, 5) is 0. The molecular formula is C13H17N3. The molecule has 0 saturated heterocycles. The van der Waals surface area contributed by atoms with Gasteiger partial charge >= 0.3 is 0 Å². The van der Waals surface area contributed by atoms with Crippen LogP contribution in [0, 0.1) is 6.92 Å². The second-order valence-corrected chi connectivity index (χ2v) is 3.94. The Balaban J connectivity index is 2.20. The summed E-state index contributed by atoms with van der Waals surface area (Å²) >= 11 is 0. The van der Waals surface area contributed by atoms with E-state index in [1.807, 2.05) is 17.9 Å². The highest BCUT2D eigenvalue weighted by Gasteiger charge is 2.03. The van der Waals surface area contributed by atoms with Gasteiger partial charge in [-0.25, -0.2) is 0 Å². The minimum atomic E-state index is 0.844. The summed E-state index contributed by atoms with van der Waals surface area (Å²) in [6, 6.07) is 10.5. The standard InChI is InChI=1S/C13H17N3/c1-11-5-3-4-6-12(11)10-16-13(9-14-2)7-8-15-16/h3-8,14H,9-10H2,1-2H3. The van der Waals surface area contributed by atoms with Crippen LogP contribution in [0.25, 0.3) is 0 Å². The lowest BCUT2D eigenvalue weighted by Crippen LogP contribution is -2.13. The fourth-order valence-electron chi connectivity index (χ4n) is 1.78. The van der Waals surface area contributed by atoms with Crippen molar-refractivity contribution in [2.45, 2.75) is 20.0 Å². The smallest absolute Gasteiger partial charge is 0.0665 e. The minimum absolute atomic E-state index is 0.844. The summed E-state index contributed by atoms with van der Waals surface area (Å²) < 4.78 is 2.04. The number of hydrogen-bond donors (Lipinski definition) is 1. The summed E-state index contributed by atoms with van der Waals surface area (Å²) in [5, 5.41) is 7.50. The van der Waals surface area contributed by atoms with Gasteiger partial charge in [0.25, 0.3) is 0 Å². The second-order valence-electron chi connectivity index (χ2n) is 3.94. The number of aryl methyl sites for hydroxylation is 1. The highest BCUT2D eigenvalue weighted by molar-refractivity contribution is 5.26. The highest BCUT2D eigenvalue weighted by atomic mass is 15.3. The monoisotopic (exact) mass is 215 g/mol. The van der Waals surface area contributed by atoms with E-state index >= 15 is 0 Å². The Morgan fingerprint density at radius 3 is 2.81 bits per heavy atom. The third kappa shape index (κ3) is 2.31. The average Bonchev–Trinajstić information content (AvgIpc) is 2.70. The molecule has 0 fully saturated rings. The molecule has 84 valence electrons. The van der Waals surface area contributed by atoms with Crippen molar-refractivity contribution in [3.63, 3.8) is 0 Å². The molecule has 16 heavy (non-hydrogen) atoms. The lowest BCUT2D eigenvalue weighted by molar-refractivity contribution is 0.621. The van der Waals surface area contributed by atoms with Crippen LogP contribution in [0.2, 0.25) is 0 Å². The largest absolute Gasteiger partial charge is 0.314 e. The molecule has 0 spiro atoms. The van der Waals surface area contributed by atoms with E-state index in [0.29, 0.717) is 0 Å². The molecule has 2 aromatic rings. The van der Waals surface area contributed by atoms with Gasteiger partial charge in [0.05, 0.1) is 12.2 Å². The van der Waals surface area contributed by atoms with Gasteiger partial charge in [0.2, 0.25) is 0 Å². The van der Waals surface area contributed by atoms with Crippen LogP contribution in [0.4, 0.5) is 0 Å². The first-order valence-corrected chi connectivity index (χ1v) is 5.51. The predicted octanol–water partition coefficient (Wildman–Crippen LogP) is 1.96. The molecule has 0 aliphatic rings. The molecule has 2 rings (SSSR count). The Kier molecular flexibility index (Phi) is 3.37. The van der Waals surface area contributed by atoms with E-state index in [-0.39, 0.29) is 0 Å². The van der Waals surface area contributed by atoms with Crippen molar-refractivity contribution >= 4 is 0 Å². The molecule has 0 atom stereocenters. The number of nitrogens with one attached hydrogen (secondary N) is 1. The molecule has 0 saturated carbocycles. The second kappa shape index (κ2) is 4.94. The van der Waals surface area contributed by atoms with E-state index in [9.17, 15) is 0 Å². The van der Waals surface area contributed by atoms with Crippen molar-refractivity contribution in [3.05, 3.63) is 53.3 Å². The molecule has 0 unspecified atom stereocenters. The van der Waals surface area contributed by atoms with Crippen LogP contribution in [-0.4, -0.2) is 16.8 Å². The summed E-state index contributed by atoms with van der Waals surface area (Å²) in [6.45, 7) is 3.83. The van der Waals surface area contributed by atoms with Gasteiger partial charge in [-0.3, -0.25) is 4.68 Å². The van der Waals surface area contributed by atoms with Crippen molar-refractivity contribution in [1.29, 1.82) is 0 Å². The van der Waals surface area contributed by atoms with Crippen molar-refractivity contribution in [2.24, 2.45) is 0 Å². The van der Waals surface area contributed by atoms with Crippen LogP contribution in [-0.2, 0) is 13.1 Å². The topological polar surface area (TPSA) is 29.9 Å². The third-order valence-electron chi connectivity index (χ3n) is 2.74. The first-order valence-electron chi connectivity index (χ1n) is 5.51. The summed E-state index contributed by atoms with van der Waals surface area (Å²) in [5.74, 6) is 0. The van der Waals surface area contributed by atoms with E-state index in [2.05, 4.69) is 47.7 Å². The molecule has 1 aromatic heterocycles. The summed E-state index contributed by atoms with van der Waals surface area (Å²) in [6.07, 6.45) is 1.85. The van der Waals surface area contributed by atoms with Gasteiger partial charge in [-0.15, -0.1) is 0 Å². The molecule has 0 radical (unpaired) electrons. The Morgan fingerprint density at radius 1 is 1.25 bits per heavy atom. The zero-order chi connectivity index (χ0) is 11.4. The van der Waals surface area contributed by atoms with Crippen molar-refractivity contribution in [1.82, 2.24) is 15.1 Å². The Morgan fingerprint density at radius 2 is 2.06 bits per heavy atom.